The monoisotopic (exact) mass is 265 g/mol. The Kier molecular flexibility index (Phi) is 3.11. The van der Waals surface area contributed by atoms with E-state index in [-0.39, 0.29) is 5.41 Å². The largest absolute Gasteiger partial charge is 0.246 e. The Hall–Kier alpha value is -1.49. The van der Waals surface area contributed by atoms with Crippen LogP contribution in [0.15, 0.2) is 6.20 Å². The Balaban J connectivity index is 2.68. The summed E-state index contributed by atoms with van der Waals surface area (Å²) in [6.45, 7) is 8.06. The number of rotatable bonds is 1. The van der Waals surface area contributed by atoms with Crippen LogP contribution in [0, 0.1) is 6.92 Å². The van der Waals surface area contributed by atoms with Gasteiger partial charge in [-0.3, -0.25) is 0 Å². The lowest BCUT2D eigenvalue weighted by atomic mass is 9.95. The molecule has 18 heavy (non-hydrogen) atoms. The van der Waals surface area contributed by atoms with Gasteiger partial charge in [-0.2, -0.15) is 0 Å². The second-order valence-corrected chi connectivity index (χ2v) is 5.66. The molecule has 0 amide bonds. The zero-order valence-electron chi connectivity index (χ0n) is 11.2. The third kappa shape index (κ3) is 2.22. The first-order valence-corrected chi connectivity index (χ1v) is 6.08. The molecule has 0 aromatic carbocycles. The maximum Gasteiger partial charge on any atom is 0.136 e. The molecule has 0 aliphatic heterocycles. The second kappa shape index (κ2) is 4.31. The molecule has 0 bridgehead atoms. The average molecular weight is 266 g/mol. The second-order valence-electron chi connectivity index (χ2n) is 5.30. The summed E-state index contributed by atoms with van der Waals surface area (Å²) in [4.78, 5) is 8.96. The fourth-order valence-electron chi connectivity index (χ4n) is 1.58. The summed E-state index contributed by atoms with van der Waals surface area (Å²) in [5, 5.41) is 8.27. The van der Waals surface area contributed by atoms with Gasteiger partial charge in [0.2, 0.25) is 0 Å². The van der Waals surface area contributed by atoms with Gasteiger partial charge in [0.15, 0.2) is 0 Å². The number of hydrogen-bond donors (Lipinski definition) is 0. The van der Waals surface area contributed by atoms with Gasteiger partial charge in [0.1, 0.15) is 16.7 Å². The van der Waals surface area contributed by atoms with Crippen molar-refractivity contribution < 1.29 is 0 Å². The third-order valence-corrected chi connectivity index (χ3v) is 3.08. The lowest BCUT2D eigenvalue weighted by molar-refractivity contribution is 0.545. The maximum atomic E-state index is 6.19. The SMILES string of the molecule is Cc1c(Cl)nc(C(C)(C)C)nc1-c1cnnn1C. The molecule has 0 saturated heterocycles. The fraction of sp³-hybridized carbons (Fsp3) is 0.500. The van der Waals surface area contributed by atoms with Crippen LogP contribution in [-0.4, -0.2) is 25.0 Å². The molecule has 0 spiro atoms. The first-order valence-electron chi connectivity index (χ1n) is 5.70. The zero-order chi connectivity index (χ0) is 13.5. The van der Waals surface area contributed by atoms with E-state index in [1.54, 1.807) is 10.9 Å². The van der Waals surface area contributed by atoms with E-state index in [0.29, 0.717) is 11.0 Å². The molecule has 2 aromatic heterocycles. The molecule has 0 fully saturated rings. The van der Waals surface area contributed by atoms with E-state index in [1.807, 2.05) is 14.0 Å². The van der Waals surface area contributed by atoms with Crippen molar-refractivity contribution in [3.8, 4) is 11.4 Å². The maximum absolute atomic E-state index is 6.19. The molecular formula is C12H16ClN5. The summed E-state index contributed by atoms with van der Waals surface area (Å²) >= 11 is 6.19. The molecule has 2 aromatic rings. The normalized spacial score (nSPS) is 11.9. The van der Waals surface area contributed by atoms with E-state index in [9.17, 15) is 0 Å². The number of nitrogens with zero attached hydrogens (tertiary/aromatic N) is 5. The van der Waals surface area contributed by atoms with Gasteiger partial charge in [-0.05, 0) is 6.92 Å². The number of halogens is 1. The van der Waals surface area contributed by atoms with E-state index < -0.39 is 0 Å². The minimum absolute atomic E-state index is 0.155. The Labute approximate surface area is 111 Å². The molecule has 0 atom stereocenters. The predicted octanol–water partition coefficient (Wildman–Crippen LogP) is 2.53. The van der Waals surface area contributed by atoms with Crippen LogP contribution in [0.2, 0.25) is 5.15 Å². The van der Waals surface area contributed by atoms with Crippen LogP contribution in [0.5, 0.6) is 0 Å². The summed E-state index contributed by atoms with van der Waals surface area (Å²) in [5.41, 5.74) is 2.31. The van der Waals surface area contributed by atoms with Crippen LogP contribution in [0.1, 0.15) is 32.2 Å². The average Bonchev–Trinajstić information content (AvgIpc) is 2.67. The van der Waals surface area contributed by atoms with Crippen LogP contribution in [0.25, 0.3) is 11.4 Å². The Bertz CT molecular complexity index is 583. The van der Waals surface area contributed by atoms with E-state index in [1.165, 1.54) is 0 Å². The molecule has 0 aliphatic rings. The zero-order valence-corrected chi connectivity index (χ0v) is 11.9. The minimum Gasteiger partial charge on any atom is -0.246 e. The molecule has 0 unspecified atom stereocenters. The Morgan fingerprint density at radius 1 is 1.22 bits per heavy atom. The molecule has 0 saturated carbocycles. The molecule has 96 valence electrons. The van der Waals surface area contributed by atoms with Crippen molar-refractivity contribution in [1.29, 1.82) is 0 Å². The highest BCUT2D eigenvalue weighted by molar-refractivity contribution is 6.30. The smallest absolute Gasteiger partial charge is 0.136 e. The van der Waals surface area contributed by atoms with Gasteiger partial charge in [0, 0.05) is 18.0 Å². The highest BCUT2D eigenvalue weighted by Gasteiger charge is 2.22. The Morgan fingerprint density at radius 3 is 2.39 bits per heavy atom. The molecular weight excluding hydrogens is 250 g/mol. The van der Waals surface area contributed by atoms with Crippen LogP contribution < -0.4 is 0 Å². The first kappa shape index (κ1) is 13.0. The van der Waals surface area contributed by atoms with Crippen molar-refractivity contribution in [2.75, 3.05) is 0 Å². The van der Waals surface area contributed by atoms with Crippen LogP contribution >= 0.6 is 11.6 Å². The summed E-state index contributed by atoms with van der Waals surface area (Å²) in [6.07, 6.45) is 1.68. The highest BCUT2D eigenvalue weighted by Crippen LogP contribution is 2.28. The van der Waals surface area contributed by atoms with E-state index in [0.717, 1.165) is 17.0 Å². The molecule has 6 heteroatoms. The lowest BCUT2D eigenvalue weighted by Crippen LogP contribution is -2.17. The quantitative estimate of drug-likeness (QED) is 0.744. The van der Waals surface area contributed by atoms with Gasteiger partial charge >= 0.3 is 0 Å². The lowest BCUT2D eigenvalue weighted by Gasteiger charge is -2.18. The van der Waals surface area contributed by atoms with Crippen LogP contribution in [0.4, 0.5) is 0 Å². The van der Waals surface area contributed by atoms with Gasteiger partial charge < -0.3 is 0 Å². The molecule has 2 rings (SSSR count). The van der Waals surface area contributed by atoms with Crippen molar-refractivity contribution >= 4 is 11.6 Å². The molecule has 2 heterocycles. The summed E-state index contributed by atoms with van der Waals surface area (Å²) in [5.74, 6) is 0.717. The summed E-state index contributed by atoms with van der Waals surface area (Å²) < 4.78 is 1.68. The first-order chi connectivity index (χ1) is 8.30. The number of aromatic nitrogens is 5. The third-order valence-electron chi connectivity index (χ3n) is 2.71. The molecule has 0 N–H and O–H groups in total. The van der Waals surface area contributed by atoms with E-state index in [4.69, 9.17) is 11.6 Å². The molecule has 5 nitrogen and oxygen atoms in total. The molecule has 0 aliphatic carbocycles. The van der Waals surface area contributed by atoms with Crippen LogP contribution in [-0.2, 0) is 12.5 Å². The van der Waals surface area contributed by atoms with Gasteiger partial charge in [-0.15, -0.1) is 5.10 Å². The number of hydrogen-bond acceptors (Lipinski definition) is 4. The van der Waals surface area contributed by atoms with Gasteiger partial charge in [-0.1, -0.05) is 37.6 Å². The van der Waals surface area contributed by atoms with Crippen LogP contribution in [0.3, 0.4) is 0 Å². The summed E-state index contributed by atoms with van der Waals surface area (Å²) in [6, 6.07) is 0. The van der Waals surface area contributed by atoms with Crippen molar-refractivity contribution in [3.63, 3.8) is 0 Å². The molecule has 0 radical (unpaired) electrons. The van der Waals surface area contributed by atoms with Crippen molar-refractivity contribution in [1.82, 2.24) is 25.0 Å². The standard InChI is InChI=1S/C12H16ClN5/c1-7-9(8-6-14-17-18(8)5)15-11(12(2,3)4)16-10(7)13/h6H,1-5H3. The summed E-state index contributed by atoms with van der Waals surface area (Å²) in [7, 11) is 1.83. The highest BCUT2D eigenvalue weighted by atomic mass is 35.5. The fourth-order valence-corrected chi connectivity index (χ4v) is 1.75. The number of aryl methyl sites for hydroxylation is 1. The van der Waals surface area contributed by atoms with Crippen molar-refractivity contribution in [2.45, 2.75) is 33.1 Å². The van der Waals surface area contributed by atoms with Gasteiger partial charge in [0.25, 0.3) is 0 Å². The van der Waals surface area contributed by atoms with Gasteiger partial charge in [0.05, 0.1) is 11.9 Å². The predicted molar refractivity (Wildman–Crippen MR) is 70.5 cm³/mol. The van der Waals surface area contributed by atoms with Crippen molar-refractivity contribution in [3.05, 3.63) is 22.7 Å². The van der Waals surface area contributed by atoms with E-state index in [2.05, 4.69) is 41.1 Å². The van der Waals surface area contributed by atoms with Gasteiger partial charge in [-0.25, -0.2) is 14.6 Å². The van der Waals surface area contributed by atoms with Crippen molar-refractivity contribution in [2.24, 2.45) is 7.05 Å². The topological polar surface area (TPSA) is 56.5 Å². The Morgan fingerprint density at radius 2 is 1.89 bits per heavy atom. The minimum atomic E-state index is -0.155. The van der Waals surface area contributed by atoms with E-state index >= 15 is 0 Å².